The van der Waals surface area contributed by atoms with E-state index in [4.69, 9.17) is 0 Å². The second-order valence-electron chi connectivity index (χ2n) is 7.50. The number of hydrogen-bond acceptors (Lipinski definition) is 4. The van der Waals surface area contributed by atoms with Gasteiger partial charge in [-0.25, -0.2) is 0 Å². The van der Waals surface area contributed by atoms with Crippen LogP contribution in [0.2, 0.25) is 0 Å². The Morgan fingerprint density at radius 2 is 1.71 bits per heavy atom. The van der Waals surface area contributed by atoms with Crippen LogP contribution in [0.3, 0.4) is 0 Å². The first-order valence-corrected chi connectivity index (χ1v) is 9.48. The molecule has 0 amide bonds. The Morgan fingerprint density at radius 3 is 2.25 bits per heavy atom. The third-order valence-electron chi connectivity index (χ3n) is 5.20. The van der Waals surface area contributed by atoms with Crippen molar-refractivity contribution in [2.24, 2.45) is 5.92 Å². The van der Waals surface area contributed by atoms with Gasteiger partial charge in [-0.2, -0.15) is 0 Å². The van der Waals surface area contributed by atoms with Crippen LogP contribution in [0.25, 0.3) is 0 Å². The van der Waals surface area contributed by atoms with E-state index < -0.39 is 0 Å². The third-order valence-corrected chi connectivity index (χ3v) is 5.20. The minimum absolute atomic E-state index is 0.423. The van der Waals surface area contributed by atoms with Gasteiger partial charge in [0.2, 0.25) is 0 Å². The topological polar surface area (TPSA) is 13.0 Å². The smallest absolute Gasteiger partial charge is 0.137 e. The molecule has 136 valence electrons. The summed E-state index contributed by atoms with van der Waals surface area (Å²) in [6.07, 6.45) is 5.07. The summed E-state index contributed by atoms with van der Waals surface area (Å²) in [5, 5.41) is 0. The largest absolute Gasteiger partial charge is 0.347 e. The van der Waals surface area contributed by atoms with Crippen molar-refractivity contribution in [1.29, 1.82) is 0 Å². The Bertz CT molecular complexity index is 520. The van der Waals surface area contributed by atoms with E-state index in [2.05, 4.69) is 74.5 Å². The third kappa shape index (κ3) is 3.15. The zero-order valence-corrected chi connectivity index (χ0v) is 16.6. The van der Waals surface area contributed by atoms with Crippen molar-refractivity contribution in [3.63, 3.8) is 0 Å². The van der Waals surface area contributed by atoms with E-state index in [1.807, 2.05) is 0 Å². The molecule has 2 aliphatic rings. The first-order valence-electron chi connectivity index (χ1n) is 9.48. The Labute approximate surface area is 149 Å². The highest BCUT2D eigenvalue weighted by molar-refractivity contribution is 5.41. The second kappa shape index (κ2) is 7.54. The van der Waals surface area contributed by atoms with E-state index in [1.165, 1.54) is 30.8 Å². The normalized spacial score (nSPS) is 21.5. The fourth-order valence-corrected chi connectivity index (χ4v) is 3.83. The average Bonchev–Trinajstić information content (AvgIpc) is 2.81. The SMILES string of the molecule is C=C1C2=C(N(C)C(=C)N1CCC)N(C)C(CCC)N2CCC(C)C. The molecular formula is C20H36N4. The average molecular weight is 333 g/mol. The molecule has 0 saturated heterocycles. The van der Waals surface area contributed by atoms with Crippen LogP contribution >= 0.6 is 0 Å². The highest BCUT2D eigenvalue weighted by Crippen LogP contribution is 2.42. The lowest BCUT2D eigenvalue weighted by Gasteiger charge is -2.41. The summed E-state index contributed by atoms with van der Waals surface area (Å²) >= 11 is 0. The van der Waals surface area contributed by atoms with Gasteiger partial charge in [0, 0.05) is 27.2 Å². The van der Waals surface area contributed by atoms with Gasteiger partial charge in [0.25, 0.3) is 0 Å². The van der Waals surface area contributed by atoms with Crippen molar-refractivity contribution in [3.8, 4) is 0 Å². The Morgan fingerprint density at radius 1 is 1.04 bits per heavy atom. The van der Waals surface area contributed by atoms with E-state index in [0.717, 1.165) is 31.0 Å². The minimum Gasteiger partial charge on any atom is -0.347 e. The molecule has 1 atom stereocenters. The number of rotatable bonds is 7. The minimum atomic E-state index is 0.423. The number of nitrogens with zero attached hydrogens (tertiary/aromatic N) is 4. The van der Waals surface area contributed by atoms with E-state index in [9.17, 15) is 0 Å². The molecule has 4 heteroatoms. The van der Waals surface area contributed by atoms with Crippen molar-refractivity contribution in [2.75, 3.05) is 27.2 Å². The van der Waals surface area contributed by atoms with Gasteiger partial charge in [-0.15, -0.1) is 0 Å². The molecular weight excluding hydrogens is 296 g/mol. The zero-order valence-electron chi connectivity index (χ0n) is 16.6. The molecule has 0 bridgehead atoms. The molecule has 0 N–H and O–H groups in total. The van der Waals surface area contributed by atoms with Gasteiger partial charge in [-0.1, -0.05) is 47.3 Å². The Balaban J connectivity index is 2.41. The van der Waals surface area contributed by atoms with E-state index in [-0.39, 0.29) is 0 Å². The molecule has 0 aromatic rings. The quantitative estimate of drug-likeness (QED) is 0.692. The van der Waals surface area contributed by atoms with Gasteiger partial charge < -0.3 is 19.6 Å². The van der Waals surface area contributed by atoms with Crippen molar-refractivity contribution in [3.05, 3.63) is 36.2 Å². The van der Waals surface area contributed by atoms with Crippen LogP contribution in [0.5, 0.6) is 0 Å². The maximum absolute atomic E-state index is 4.46. The molecule has 0 fully saturated rings. The van der Waals surface area contributed by atoms with Crippen LogP contribution in [0.15, 0.2) is 36.2 Å². The maximum atomic E-state index is 4.46. The van der Waals surface area contributed by atoms with E-state index in [1.54, 1.807) is 0 Å². The molecule has 0 aromatic heterocycles. The fourth-order valence-electron chi connectivity index (χ4n) is 3.83. The lowest BCUT2D eigenvalue weighted by Crippen LogP contribution is -2.40. The summed E-state index contributed by atoms with van der Waals surface area (Å²) in [5.41, 5.74) is 2.42. The molecule has 24 heavy (non-hydrogen) atoms. The van der Waals surface area contributed by atoms with Crippen LogP contribution in [-0.4, -0.2) is 53.0 Å². The molecule has 2 rings (SSSR count). The van der Waals surface area contributed by atoms with Crippen molar-refractivity contribution in [2.45, 2.75) is 59.5 Å². The van der Waals surface area contributed by atoms with Gasteiger partial charge in [-0.05, 0) is 25.2 Å². The molecule has 4 nitrogen and oxygen atoms in total. The lowest BCUT2D eigenvalue weighted by atomic mass is 10.1. The summed E-state index contributed by atoms with van der Waals surface area (Å²) in [5.74, 6) is 3.01. The maximum Gasteiger partial charge on any atom is 0.137 e. The predicted molar refractivity (Wildman–Crippen MR) is 103 cm³/mol. The second-order valence-corrected chi connectivity index (χ2v) is 7.50. The highest BCUT2D eigenvalue weighted by Gasteiger charge is 2.43. The zero-order chi connectivity index (χ0) is 18.0. The number of hydrogen-bond donors (Lipinski definition) is 0. The van der Waals surface area contributed by atoms with Gasteiger partial charge >= 0.3 is 0 Å². The van der Waals surface area contributed by atoms with Crippen LogP contribution in [0.1, 0.15) is 53.4 Å². The summed E-state index contributed by atoms with van der Waals surface area (Å²) in [7, 11) is 4.36. The van der Waals surface area contributed by atoms with Gasteiger partial charge in [0.15, 0.2) is 0 Å². The molecule has 2 aliphatic heterocycles. The van der Waals surface area contributed by atoms with Crippen LogP contribution in [0, 0.1) is 5.92 Å². The van der Waals surface area contributed by atoms with Gasteiger partial charge in [0.1, 0.15) is 23.5 Å². The molecule has 0 radical (unpaired) electrons. The molecule has 0 aromatic carbocycles. The molecule has 0 saturated carbocycles. The van der Waals surface area contributed by atoms with Crippen LogP contribution < -0.4 is 0 Å². The summed E-state index contributed by atoms with van der Waals surface area (Å²) in [6.45, 7) is 19.9. The van der Waals surface area contributed by atoms with Crippen LogP contribution in [0.4, 0.5) is 0 Å². The van der Waals surface area contributed by atoms with Gasteiger partial charge in [-0.3, -0.25) is 0 Å². The highest BCUT2D eigenvalue weighted by atomic mass is 15.5. The van der Waals surface area contributed by atoms with E-state index in [0.29, 0.717) is 12.1 Å². The first kappa shape index (κ1) is 18.8. The van der Waals surface area contributed by atoms with Crippen LogP contribution in [-0.2, 0) is 0 Å². The standard InChI is InChI=1S/C20H36N4/c1-9-11-18-22(8)20-19(24(18)14-12-15(3)4)16(5)23(13-10-2)17(6)21(20)7/h15,18H,5-6,9-14H2,1-4,7-8H3. The monoisotopic (exact) mass is 332 g/mol. The molecule has 0 aliphatic carbocycles. The predicted octanol–water partition coefficient (Wildman–Crippen LogP) is 4.22. The molecule has 1 unspecified atom stereocenters. The molecule has 0 spiro atoms. The Kier molecular flexibility index (Phi) is 5.89. The summed E-state index contributed by atoms with van der Waals surface area (Å²) < 4.78 is 0. The summed E-state index contributed by atoms with van der Waals surface area (Å²) in [4.78, 5) is 9.55. The van der Waals surface area contributed by atoms with Gasteiger partial charge in [0.05, 0.1) is 5.70 Å². The Hall–Kier alpha value is -1.58. The van der Waals surface area contributed by atoms with Crippen molar-refractivity contribution >= 4 is 0 Å². The lowest BCUT2D eigenvalue weighted by molar-refractivity contribution is 0.134. The van der Waals surface area contributed by atoms with E-state index >= 15 is 0 Å². The van der Waals surface area contributed by atoms with Crippen molar-refractivity contribution < 1.29 is 0 Å². The van der Waals surface area contributed by atoms with Crippen molar-refractivity contribution in [1.82, 2.24) is 19.6 Å². The summed E-state index contributed by atoms with van der Waals surface area (Å²) in [6, 6.07) is 0. The molecule has 2 heterocycles. The fraction of sp³-hybridized carbons (Fsp3) is 0.700. The first-order chi connectivity index (χ1) is 11.3.